The molecule has 88 valence electrons. The summed E-state index contributed by atoms with van der Waals surface area (Å²) >= 11 is 1.31. The van der Waals surface area contributed by atoms with E-state index in [0.29, 0.717) is 17.2 Å². The highest BCUT2D eigenvalue weighted by Crippen LogP contribution is 2.26. The minimum Gasteiger partial charge on any atom is -0.487 e. The van der Waals surface area contributed by atoms with Crippen molar-refractivity contribution in [2.75, 3.05) is 7.11 Å². The van der Waals surface area contributed by atoms with E-state index in [9.17, 15) is 4.79 Å². The van der Waals surface area contributed by atoms with Crippen molar-refractivity contribution < 1.29 is 14.3 Å². The Hall–Kier alpha value is -1.88. The third-order valence-electron chi connectivity index (χ3n) is 2.14. The Morgan fingerprint density at radius 3 is 2.82 bits per heavy atom. The van der Waals surface area contributed by atoms with Gasteiger partial charge in [0, 0.05) is 12.4 Å². The molecule has 5 heteroatoms. The van der Waals surface area contributed by atoms with Gasteiger partial charge in [0.2, 0.25) is 0 Å². The molecule has 0 atom stereocenters. The smallest absolute Gasteiger partial charge is 0.351 e. The van der Waals surface area contributed by atoms with E-state index in [1.165, 1.54) is 18.4 Å². The van der Waals surface area contributed by atoms with Crippen molar-refractivity contribution in [3.8, 4) is 5.75 Å². The number of methoxy groups -OCH3 is 1. The predicted octanol–water partition coefficient (Wildman–Crippen LogP) is 2.51. The molecule has 0 amide bonds. The minimum atomic E-state index is -0.371. The third kappa shape index (κ3) is 2.82. The van der Waals surface area contributed by atoms with Gasteiger partial charge in [0.15, 0.2) is 4.88 Å². The van der Waals surface area contributed by atoms with Crippen molar-refractivity contribution in [2.45, 2.75) is 6.61 Å². The summed E-state index contributed by atoms with van der Waals surface area (Å²) in [5.41, 5.74) is 1.00. The fraction of sp³-hybridized carbons (Fsp3) is 0.167. The lowest BCUT2D eigenvalue weighted by Crippen LogP contribution is -2.02. The zero-order chi connectivity index (χ0) is 12.1. The van der Waals surface area contributed by atoms with E-state index in [0.717, 1.165) is 5.56 Å². The largest absolute Gasteiger partial charge is 0.487 e. The maximum atomic E-state index is 11.4. The van der Waals surface area contributed by atoms with E-state index in [2.05, 4.69) is 9.72 Å². The molecule has 0 aliphatic heterocycles. The quantitative estimate of drug-likeness (QED) is 0.781. The molecule has 0 radical (unpaired) electrons. The number of hydrogen-bond acceptors (Lipinski definition) is 5. The summed E-state index contributed by atoms with van der Waals surface area (Å²) in [4.78, 5) is 15.8. The van der Waals surface area contributed by atoms with Gasteiger partial charge in [-0.15, -0.1) is 11.3 Å². The van der Waals surface area contributed by atoms with Crippen LogP contribution in [0.2, 0.25) is 0 Å². The van der Waals surface area contributed by atoms with Crippen molar-refractivity contribution >= 4 is 17.3 Å². The first kappa shape index (κ1) is 11.6. The molecule has 2 aromatic rings. The maximum absolute atomic E-state index is 11.4. The van der Waals surface area contributed by atoms with Gasteiger partial charge in [0.1, 0.15) is 12.4 Å². The number of aromatic nitrogens is 1. The van der Waals surface area contributed by atoms with E-state index in [1.807, 2.05) is 12.1 Å². The second kappa shape index (κ2) is 5.45. The lowest BCUT2D eigenvalue weighted by Gasteiger charge is -2.05. The summed E-state index contributed by atoms with van der Waals surface area (Å²) in [6.07, 6.45) is 3.40. The topological polar surface area (TPSA) is 48.4 Å². The molecule has 0 N–H and O–H groups in total. The first-order valence-electron chi connectivity index (χ1n) is 4.99. The number of esters is 1. The highest BCUT2D eigenvalue weighted by molar-refractivity contribution is 7.12. The van der Waals surface area contributed by atoms with E-state index >= 15 is 0 Å². The molecule has 0 saturated carbocycles. The molecule has 0 fully saturated rings. The number of carbonyl (C=O) groups is 1. The van der Waals surface area contributed by atoms with Crippen LogP contribution in [0.4, 0.5) is 0 Å². The lowest BCUT2D eigenvalue weighted by atomic mass is 10.3. The fourth-order valence-corrected chi connectivity index (χ4v) is 2.04. The Balaban J connectivity index is 2.05. The Bertz CT molecular complexity index is 495. The maximum Gasteiger partial charge on any atom is 0.351 e. The van der Waals surface area contributed by atoms with Crippen LogP contribution in [0.15, 0.2) is 36.0 Å². The summed E-state index contributed by atoms with van der Waals surface area (Å²) in [5, 5.41) is 1.80. The van der Waals surface area contributed by atoms with Crippen LogP contribution in [0.1, 0.15) is 15.2 Å². The van der Waals surface area contributed by atoms with Gasteiger partial charge in [-0.2, -0.15) is 0 Å². The first-order valence-corrected chi connectivity index (χ1v) is 5.86. The van der Waals surface area contributed by atoms with Crippen LogP contribution in [-0.2, 0) is 11.3 Å². The first-order chi connectivity index (χ1) is 8.31. The van der Waals surface area contributed by atoms with E-state index in [4.69, 9.17) is 4.74 Å². The van der Waals surface area contributed by atoms with Crippen molar-refractivity contribution in [2.24, 2.45) is 0 Å². The van der Waals surface area contributed by atoms with Gasteiger partial charge in [0.05, 0.1) is 7.11 Å². The zero-order valence-corrected chi connectivity index (χ0v) is 10.1. The van der Waals surface area contributed by atoms with Crippen LogP contribution >= 0.6 is 11.3 Å². The van der Waals surface area contributed by atoms with Crippen LogP contribution in [0.5, 0.6) is 5.75 Å². The van der Waals surface area contributed by atoms with Crippen LogP contribution in [-0.4, -0.2) is 18.1 Å². The molecule has 4 nitrogen and oxygen atoms in total. The molecule has 0 bridgehead atoms. The molecule has 0 aliphatic carbocycles. The Morgan fingerprint density at radius 1 is 1.35 bits per heavy atom. The van der Waals surface area contributed by atoms with Crippen molar-refractivity contribution in [3.05, 3.63) is 46.4 Å². The Labute approximate surface area is 103 Å². The molecule has 0 aromatic carbocycles. The molecule has 0 unspecified atom stereocenters. The Kier molecular flexibility index (Phi) is 3.72. The summed E-state index contributed by atoms with van der Waals surface area (Å²) in [6.45, 7) is 0.406. The molecular weight excluding hydrogens is 238 g/mol. The minimum absolute atomic E-state index is 0.371. The van der Waals surface area contributed by atoms with Gasteiger partial charge < -0.3 is 9.47 Å². The van der Waals surface area contributed by atoms with E-state index in [-0.39, 0.29) is 5.97 Å². The fourth-order valence-electron chi connectivity index (χ4n) is 1.29. The molecule has 17 heavy (non-hydrogen) atoms. The molecule has 2 heterocycles. The highest BCUT2D eigenvalue weighted by atomic mass is 32.1. The second-order valence-electron chi connectivity index (χ2n) is 3.25. The predicted molar refractivity (Wildman–Crippen MR) is 64.2 cm³/mol. The third-order valence-corrected chi connectivity index (χ3v) is 3.02. The van der Waals surface area contributed by atoms with Gasteiger partial charge in [0.25, 0.3) is 0 Å². The van der Waals surface area contributed by atoms with Gasteiger partial charge in [-0.1, -0.05) is 0 Å². The highest BCUT2D eigenvalue weighted by Gasteiger charge is 2.14. The van der Waals surface area contributed by atoms with Gasteiger partial charge >= 0.3 is 5.97 Å². The normalized spacial score (nSPS) is 9.94. The number of thiophene rings is 1. The molecule has 0 saturated heterocycles. The van der Waals surface area contributed by atoms with Crippen molar-refractivity contribution in [1.29, 1.82) is 0 Å². The molecule has 0 aliphatic rings. The summed E-state index contributed by atoms with van der Waals surface area (Å²) in [6, 6.07) is 5.49. The number of pyridine rings is 1. The number of nitrogens with zero attached hydrogens (tertiary/aromatic N) is 1. The summed E-state index contributed by atoms with van der Waals surface area (Å²) in [7, 11) is 1.36. The second-order valence-corrected chi connectivity index (χ2v) is 4.17. The van der Waals surface area contributed by atoms with Gasteiger partial charge in [-0.05, 0) is 29.1 Å². The van der Waals surface area contributed by atoms with Crippen molar-refractivity contribution in [1.82, 2.24) is 4.98 Å². The van der Waals surface area contributed by atoms with Crippen LogP contribution < -0.4 is 4.74 Å². The summed E-state index contributed by atoms with van der Waals surface area (Å²) < 4.78 is 10.2. The van der Waals surface area contributed by atoms with E-state index < -0.39 is 0 Å². The number of carbonyl (C=O) groups excluding carboxylic acids is 1. The zero-order valence-electron chi connectivity index (χ0n) is 9.25. The number of rotatable bonds is 4. The van der Waals surface area contributed by atoms with Crippen molar-refractivity contribution in [3.63, 3.8) is 0 Å². The average Bonchev–Trinajstić information content (AvgIpc) is 2.85. The number of ether oxygens (including phenoxy) is 2. The molecule has 0 spiro atoms. The number of hydrogen-bond donors (Lipinski definition) is 0. The summed E-state index contributed by atoms with van der Waals surface area (Å²) in [5.74, 6) is 0.184. The van der Waals surface area contributed by atoms with Gasteiger partial charge in [-0.3, -0.25) is 4.98 Å². The average molecular weight is 249 g/mol. The lowest BCUT2D eigenvalue weighted by molar-refractivity contribution is 0.0601. The Morgan fingerprint density at radius 2 is 2.12 bits per heavy atom. The van der Waals surface area contributed by atoms with E-state index in [1.54, 1.807) is 23.8 Å². The van der Waals surface area contributed by atoms with Crippen LogP contribution in [0.3, 0.4) is 0 Å². The molecular formula is C12H11NO3S. The molecule has 2 aromatic heterocycles. The monoisotopic (exact) mass is 249 g/mol. The standard InChI is InChI=1S/C12H11NO3S/c1-15-12(14)11-10(4-7-17-11)16-8-9-2-5-13-6-3-9/h2-7H,8H2,1H3. The van der Waals surface area contributed by atoms with Crippen LogP contribution in [0, 0.1) is 0 Å². The SMILES string of the molecule is COC(=O)c1sccc1OCc1ccncc1. The molecule has 2 rings (SSSR count). The van der Waals surface area contributed by atoms with Gasteiger partial charge in [-0.25, -0.2) is 4.79 Å². The van der Waals surface area contributed by atoms with Crippen LogP contribution in [0.25, 0.3) is 0 Å².